The average molecular weight is 479 g/mol. The van der Waals surface area contributed by atoms with Crippen LogP contribution >= 0.6 is 0 Å². The molecule has 4 aromatic rings. The van der Waals surface area contributed by atoms with Gasteiger partial charge in [0.15, 0.2) is 17.7 Å². The maximum Gasteiger partial charge on any atom is 0.187 e. The predicted molar refractivity (Wildman–Crippen MR) is 135 cm³/mol. The van der Waals surface area contributed by atoms with E-state index in [2.05, 4.69) is 26.8 Å². The lowest BCUT2D eigenvalue weighted by atomic mass is 10.1. The van der Waals surface area contributed by atoms with Gasteiger partial charge in [-0.1, -0.05) is 41.3 Å². The molecule has 36 heavy (non-hydrogen) atoms. The van der Waals surface area contributed by atoms with Gasteiger partial charge >= 0.3 is 0 Å². The van der Waals surface area contributed by atoms with E-state index in [1.165, 1.54) is 0 Å². The van der Waals surface area contributed by atoms with Crippen LogP contribution in [0, 0.1) is 18.4 Å². The van der Waals surface area contributed by atoms with Crippen LogP contribution < -0.4 is 0 Å². The molecule has 1 aliphatic heterocycles. The lowest BCUT2D eigenvalue weighted by Gasteiger charge is -2.26. The normalized spacial score (nSPS) is 16.1. The summed E-state index contributed by atoms with van der Waals surface area (Å²) < 4.78 is 19.4. The standard InChI is InChI=1S/C29H26N4O3/c1-21(35-28-5-3-4-18-34-28)29-31-16-17-33(29)20-26-19-27(36-32-26)24-12-8-22(9-13-24)6-7-23-10-14-25(30-2)15-11-23/h8-17,19,21,28H,3-5,18,20H2,1H3/t21-,28?/m0/s1. The molecule has 1 fully saturated rings. The van der Waals surface area contributed by atoms with Gasteiger partial charge in [0.05, 0.1) is 13.1 Å². The summed E-state index contributed by atoms with van der Waals surface area (Å²) in [5, 5.41) is 4.26. The van der Waals surface area contributed by atoms with Crippen LogP contribution in [0.3, 0.4) is 0 Å². The van der Waals surface area contributed by atoms with Crippen molar-refractivity contribution in [2.24, 2.45) is 0 Å². The van der Waals surface area contributed by atoms with Gasteiger partial charge in [-0.15, -0.1) is 0 Å². The van der Waals surface area contributed by atoms with Gasteiger partial charge in [-0.3, -0.25) is 0 Å². The molecule has 2 aromatic carbocycles. The molecule has 2 aromatic heterocycles. The number of nitrogens with zero attached hydrogens (tertiary/aromatic N) is 4. The lowest BCUT2D eigenvalue weighted by molar-refractivity contribution is -0.188. The van der Waals surface area contributed by atoms with E-state index in [0.717, 1.165) is 54.1 Å². The zero-order valence-corrected chi connectivity index (χ0v) is 20.1. The highest BCUT2D eigenvalue weighted by atomic mass is 16.7. The molecular weight excluding hydrogens is 452 g/mol. The maximum absolute atomic E-state index is 7.03. The summed E-state index contributed by atoms with van der Waals surface area (Å²) >= 11 is 0. The zero-order valence-electron chi connectivity index (χ0n) is 20.1. The second-order valence-corrected chi connectivity index (χ2v) is 8.66. The van der Waals surface area contributed by atoms with Crippen LogP contribution in [0.4, 0.5) is 5.69 Å². The molecule has 0 N–H and O–H groups in total. The molecule has 5 rings (SSSR count). The molecule has 0 radical (unpaired) electrons. The third-order valence-corrected chi connectivity index (χ3v) is 6.01. The highest BCUT2D eigenvalue weighted by Gasteiger charge is 2.21. The Morgan fingerprint density at radius 3 is 2.56 bits per heavy atom. The highest BCUT2D eigenvalue weighted by Crippen LogP contribution is 2.25. The number of hydrogen-bond acceptors (Lipinski definition) is 5. The van der Waals surface area contributed by atoms with Crippen LogP contribution in [0.2, 0.25) is 0 Å². The van der Waals surface area contributed by atoms with Crippen molar-refractivity contribution in [2.45, 2.75) is 45.1 Å². The van der Waals surface area contributed by atoms with Crippen molar-refractivity contribution in [1.29, 1.82) is 0 Å². The SMILES string of the molecule is [C-]#[N+]c1ccc(C#Cc2ccc(-c3cc(Cn4ccnc4[C@H](C)OC4CCCCO4)no3)cc2)cc1. The number of ether oxygens (including phenoxy) is 2. The Kier molecular flexibility index (Phi) is 7.23. The van der Waals surface area contributed by atoms with Crippen molar-refractivity contribution >= 4 is 5.69 Å². The number of imidazole rings is 1. The van der Waals surface area contributed by atoms with Crippen LogP contribution in [0.15, 0.2) is 71.5 Å². The topological polar surface area (TPSA) is 66.7 Å². The molecule has 1 unspecified atom stereocenters. The Hall–Kier alpha value is -4.17. The minimum absolute atomic E-state index is 0.171. The number of aromatic nitrogens is 3. The van der Waals surface area contributed by atoms with Gasteiger partial charge in [-0.2, -0.15) is 0 Å². The molecule has 1 aliphatic rings. The first-order chi connectivity index (χ1) is 17.7. The van der Waals surface area contributed by atoms with Crippen molar-refractivity contribution in [1.82, 2.24) is 14.7 Å². The first-order valence-corrected chi connectivity index (χ1v) is 12.0. The first kappa shape index (κ1) is 23.6. The summed E-state index contributed by atoms with van der Waals surface area (Å²) in [4.78, 5) is 7.90. The fourth-order valence-electron chi connectivity index (χ4n) is 4.10. The van der Waals surface area contributed by atoms with Crippen LogP contribution in [0.25, 0.3) is 16.2 Å². The lowest BCUT2D eigenvalue weighted by Crippen LogP contribution is -2.24. The predicted octanol–water partition coefficient (Wildman–Crippen LogP) is 6.14. The molecule has 2 atom stereocenters. The molecular formula is C29H26N4O3. The second-order valence-electron chi connectivity index (χ2n) is 8.66. The Bertz CT molecular complexity index is 1400. The van der Waals surface area contributed by atoms with Gasteiger partial charge in [0, 0.05) is 41.8 Å². The molecule has 180 valence electrons. The molecule has 0 saturated carbocycles. The summed E-state index contributed by atoms with van der Waals surface area (Å²) in [6, 6.07) is 17.1. The summed E-state index contributed by atoms with van der Waals surface area (Å²) in [6.45, 7) is 10.3. The summed E-state index contributed by atoms with van der Waals surface area (Å²) in [6.07, 6.45) is 6.47. The summed E-state index contributed by atoms with van der Waals surface area (Å²) in [5.74, 6) is 7.81. The molecule has 1 saturated heterocycles. The average Bonchev–Trinajstić information content (AvgIpc) is 3.59. The third kappa shape index (κ3) is 5.72. The van der Waals surface area contributed by atoms with Crippen LogP contribution in [0.5, 0.6) is 0 Å². The number of rotatable bonds is 6. The minimum Gasteiger partial charge on any atom is -0.356 e. The number of benzene rings is 2. The monoisotopic (exact) mass is 478 g/mol. The first-order valence-electron chi connectivity index (χ1n) is 12.0. The van der Waals surface area contributed by atoms with E-state index in [-0.39, 0.29) is 12.4 Å². The Balaban J connectivity index is 1.23. The van der Waals surface area contributed by atoms with Crippen LogP contribution in [-0.2, 0) is 16.0 Å². The van der Waals surface area contributed by atoms with Gasteiger partial charge in [-0.05, 0) is 50.5 Å². The van der Waals surface area contributed by atoms with E-state index in [1.54, 1.807) is 18.3 Å². The third-order valence-electron chi connectivity index (χ3n) is 6.01. The molecule has 3 heterocycles. The number of hydrogen-bond donors (Lipinski definition) is 0. The quantitative estimate of drug-likeness (QED) is 0.246. The minimum atomic E-state index is -0.186. The molecule has 0 amide bonds. The van der Waals surface area contributed by atoms with E-state index >= 15 is 0 Å². The second kappa shape index (κ2) is 11.0. The van der Waals surface area contributed by atoms with E-state index in [9.17, 15) is 0 Å². The van der Waals surface area contributed by atoms with Gasteiger partial charge in [0.2, 0.25) is 0 Å². The largest absolute Gasteiger partial charge is 0.356 e. The Labute approximate surface area is 210 Å². The van der Waals surface area contributed by atoms with Crippen molar-refractivity contribution in [3.8, 4) is 23.2 Å². The molecule has 7 nitrogen and oxygen atoms in total. The van der Waals surface area contributed by atoms with E-state index in [1.807, 2.05) is 60.2 Å². The van der Waals surface area contributed by atoms with Gasteiger partial charge in [-0.25, -0.2) is 9.83 Å². The van der Waals surface area contributed by atoms with E-state index < -0.39 is 0 Å². The van der Waals surface area contributed by atoms with E-state index in [0.29, 0.717) is 18.0 Å². The van der Waals surface area contributed by atoms with Gasteiger partial charge in [0.25, 0.3) is 0 Å². The van der Waals surface area contributed by atoms with Crippen molar-refractivity contribution in [3.05, 3.63) is 101 Å². The summed E-state index contributed by atoms with van der Waals surface area (Å²) in [5.41, 5.74) is 4.11. The molecule has 0 aliphatic carbocycles. The van der Waals surface area contributed by atoms with Crippen molar-refractivity contribution in [3.63, 3.8) is 0 Å². The van der Waals surface area contributed by atoms with Crippen LogP contribution in [0.1, 0.15) is 54.9 Å². The van der Waals surface area contributed by atoms with Crippen molar-refractivity contribution in [2.75, 3.05) is 6.61 Å². The van der Waals surface area contributed by atoms with Gasteiger partial charge in [0.1, 0.15) is 17.6 Å². The Morgan fingerprint density at radius 2 is 1.86 bits per heavy atom. The zero-order chi connectivity index (χ0) is 24.7. The van der Waals surface area contributed by atoms with Crippen LogP contribution in [-0.4, -0.2) is 27.6 Å². The fraction of sp³-hybridized carbons (Fsp3) is 0.276. The van der Waals surface area contributed by atoms with Gasteiger partial charge < -0.3 is 18.6 Å². The highest BCUT2D eigenvalue weighted by molar-refractivity contribution is 5.59. The van der Waals surface area contributed by atoms with E-state index in [4.69, 9.17) is 20.6 Å². The molecule has 7 heteroatoms. The smallest absolute Gasteiger partial charge is 0.187 e. The fourth-order valence-corrected chi connectivity index (χ4v) is 4.10. The Morgan fingerprint density at radius 1 is 1.11 bits per heavy atom. The maximum atomic E-state index is 7.03. The molecule has 0 spiro atoms. The molecule has 0 bridgehead atoms. The summed E-state index contributed by atoms with van der Waals surface area (Å²) in [7, 11) is 0. The van der Waals surface area contributed by atoms with Crippen molar-refractivity contribution < 1.29 is 14.0 Å².